The van der Waals surface area contributed by atoms with E-state index in [1.807, 2.05) is 0 Å². The summed E-state index contributed by atoms with van der Waals surface area (Å²) < 4.78 is 0.846. The molecule has 1 heteroatoms. The van der Waals surface area contributed by atoms with Crippen LogP contribution in [0.2, 0.25) is 0 Å². The Morgan fingerprint density at radius 2 is 1.70 bits per heavy atom. The van der Waals surface area contributed by atoms with Crippen LogP contribution in [0.25, 0.3) is 0 Å². The predicted molar refractivity (Wildman–Crippen MR) is 42.0 cm³/mol. The van der Waals surface area contributed by atoms with Crippen LogP contribution in [0.5, 0.6) is 0 Å². The Labute approximate surface area is 75.0 Å². The van der Waals surface area contributed by atoms with Crippen molar-refractivity contribution in [1.29, 1.82) is 0 Å². The van der Waals surface area contributed by atoms with Gasteiger partial charge in [0.1, 0.15) is 0 Å². The molecule has 0 bridgehead atoms. The number of alkyl halides is 2. The van der Waals surface area contributed by atoms with Gasteiger partial charge >= 0.3 is 75.0 Å². The Bertz CT molecular complexity index is 101. The molecule has 1 fully saturated rings. The summed E-state index contributed by atoms with van der Waals surface area (Å²) in [6.07, 6.45) is 6.08. The number of hydrogen-bond acceptors (Lipinski definition) is 0. The van der Waals surface area contributed by atoms with Gasteiger partial charge in [0.25, 0.3) is 0 Å². The molecule has 0 radical (unpaired) electrons. The fraction of sp³-hybridized carbons (Fsp3) is 1.00. The maximum atomic E-state index is 2.46. The predicted octanol–water partition coefficient (Wildman–Crippen LogP) is -0.326. The Morgan fingerprint density at radius 3 is 1.90 bits per heavy atom. The van der Waals surface area contributed by atoms with E-state index in [9.17, 15) is 0 Å². The second kappa shape index (κ2) is 3.42. The molecule has 0 heterocycles. The molecule has 0 nitrogen and oxygen atoms in total. The minimum absolute atomic E-state index is 0.477. The minimum atomic E-state index is 0.477. The summed E-state index contributed by atoms with van der Waals surface area (Å²) in [7, 11) is 0. The van der Waals surface area contributed by atoms with E-state index in [0.29, 0.717) is 21.2 Å². The molecule has 0 unspecified atom stereocenters. The van der Waals surface area contributed by atoms with Crippen molar-refractivity contribution >= 4 is 0 Å². The quantitative estimate of drug-likeness (QED) is 0.467. The summed E-state index contributed by atoms with van der Waals surface area (Å²) >= 11 is 0.477. The van der Waals surface area contributed by atoms with Crippen LogP contribution in [-0.4, -0.2) is 8.35 Å². The standard InChI is InChI=1S/C9H18I/c1-8(2)9(10-3)6-4-5-7-9/h8H,4-7H2,1-3H3/q-1. The van der Waals surface area contributed by atoms with Gasteiger partial charge in [0.2, 0.25) is 0 Å². The van der Waals surface area contributed by atoms with Gasteiger partial charge in [-0.1, -0.05) is 0 Å². The van der Waals surface area contributed by atoms with E-state index in [2.05, 4.69) is 18.8 Å². The third-order valence-corrected chi connectivity index (χ3v) is 7.32. The molecular weight excluding hydrogens is 235 g/mol. The maximum absolute atomic E-state index is 2.46. The van der Waals surface area contributed by atoms with Gasteiger partial charge < -0.3 is 0 Å². The summed E-state index contributed by atoms with van der Waals surface area (Å²) in [5.74, 6) is 0.952. The summed E-state index contributed by atoms with van der Waals surface area (Å²) in [4.78, 5) is 2.46. The van der Waals surface area contributed by atoms with E-state index in [1.165, 1.54) is 25.7 Å². The van der Waals surface area contributed by atoms with Crippen molar-refractivity contribution in [1.82, 2.24) is 0 Å². The Balaban J connectivity index is 2.58. The molecule has 0 atom stereocenters. The van der Waals surface area contributed by atoms with Crippen molar-refractivity contribution < 1.29 is 21.2 Å². The van der Waals surface area contributed by atoms with Gasteiger partial charge in [-0.15, -0.1) is 0 Å². The number of hydrogen-bond donors (Lipinski definition) is 0. The molecule has 0 aliphatic heterocycles. The van der Waals surface area contributed by atoms with Crippen molar-refractivity contribution in [2.75, 3.05) is 4.93 Å². The molecule has 1 rings (SSSR count). The zero-order chi connectivity index (χ0) is 7.61. The summed E-state index contributed by atoms with van der Waals surface area (Å²) in [6, 6.07) is 0. The summed E-state index contributed by atoms with van der Waals surface area (Å²) in [5, 5.41) is 0. The third-order valence-electron chi connectivity index (χ3n) is 2.85. The van der Waals surface area contributed by atoms with Crippen molar-refractivity contribution in [2.24, 2.45) is 5.92 Å². The normalized spacial score (nSPS) is 24.4. The number of rotatable bonds is 2. The molecule has 0 aromatic heterocycles. The van der Waals surface area contributed by atoms with Crippen LogP contribution in [0.4, 0.5) is 0 Å². The molecule has 62 valence electrons. The monoisotopic (exact) mass is 253 g/mol. The Kier molecular flexibility index (Phi) is 3.02. The van der Waals surface area contributed by atoms with Gasteiger partial charge in [-0.05, 0) is 0 Å². The van der Waals surface area contributed by atoms with Gasteiger partial charge in [0.05, 0.1) is 0 Å². The molecule has 0 aromatic carbocycles. The Hall–Kier alpha value is 0.730. The van der Waals surface area contributed by atoms with Crippen LogP contribution in [-0.2, 0) is 0 Å². The average Bonchev–Trinajstić information content (AvgIpc) is 2.35. The molecule has 10 heavy (non-hydrogen) atoms. The molecule has 1 saturated carbocycles. The second-order valence-electron chi connectivity index (χ2n) is 3.59. The van der Waals surface area contributed by atoms with E-state index in [-0.39, 0.29) is 0 Å². The first-order valence-corrected chi connectivity index (χ1v) is 7.45. The topological polar surface area (TPSA) is 0 Å². The molecule has 1 aliphatic rings. The Morgan fingerprint density at radius 1 is 1.20 bits per heavy atom. The average molecular weight is 253 g/mol. The molecule has 0 saturated heterocycles. The van der Waals surface area contributed by atoms with Crippen molar-refractivity contribution in [3.8, 4) is 0 Å². The first-order chi connectivity index (χ1) is 4.71. The molecule has 1 aliphatic carbocycles. The van der Waals surface area contributed by atoms with E-state index in [1.54, 1.807) is 0 Å². The zero-order valence-corrected chi connectivity index (χ0v) is 9.44. The number of halogens is 1. The van der Waals surface area contributed by atoms with Crippen molar-refractivity contribution in [3.05, 3.63) is 0 Å². The van der Waals surface area contributed by atoms with Gasteiger partial charge in [-0.2, -0.15) is 0 Å². The van der Waals surface area contributed by atoms with Gasteiger partial charge in [0.15, 0.2) is 0 Å². The first kappa shape index (κ1) is 8.82. The van der Waals surface area contributed by atoms with Crippen molar-refractivity contribution in [2.45, 2.75) is 43.0 Å². The molecule has 0 N–H and O–H groups in total. The van der Waals surface area contributed by atoms with E-state index >= 15 is 0 Å². The van der Waals surface area contributed by atoms with Crippen LogP contribution in [0.1, 0.15) is 39.5 Å². The van der Waals surface area contributed by atoms with E-state index < -0.39 is 0 Å². The van der Waals surface area contributed by atoms with Crippen LogP contribution in [0.15, 0.2) is 0 Å². The fourth-order valence-electron chi connectivity index (χ4n) is 1.95. The van der Waals surface area contributed by atoms with E-state index in [4.69, 9.17) is 0 Å². The third kappa shape index (κ3) is 1.49. The van der Waals surface area contributed by atoms with Gasteiger partial charge in [-0.3, -0.25) is 0 Å². The molecule has 0 amide bonds. The molecule has 0 spiro atoms. The zero-order valence-electron chi connectivity index (χ0n) is 7.28. The summed E-state index contributed by atoms with van der Waals surface area (Å²) in [6.45, 7) is 4.82. The fourth-order valence-corrected chi connectivity index (χ4v) is 5.03. The van der Waals surface area contributed by atoms with Crippen LogP contribution < -0.4 is 21.2 Å². The first-order valence-electron chi connectivity index (χ1n) is 4.22. The SMILES string of the molecule is C[I-]C1(C(C)C)CCCC1. The summed E-state index contributed by atoms with van der Waals surface area (Å²) in [5.41, 5.74) is 0. The molecule has 0 aromatic rings. The van der Waals surface area contributed by atoms with Crippen LogP contribution in [0, 0.1) is 5.92 Å². The molecular formula is C9H18I-. The van der Waals surface area contributed by atoms with Gasteiger partial charge in [-0.25, -0.2) is 0 Å². The second-order valence-corrected chi connectivity index (χ2v) is 6.81. The van der Waals surface area contributed by atoms with Crippen molar-refractivity contribution in [3.63, 3.8) is 0 Å². The van der Waals surface area contributed by atoms with Crippen LogP contribution in [0.3, 0.4) is 0 Å². The van der Waals surface area contributed by atoms with Gasteiger partial charge in [0, 0.05) is 0 Å². The van der Waals surface area contributed by atoms with E-state index in [0.717, 1.165) is 9.34 Å². The van der Waals surface area contributed by atoms with Crippen LogP contribution >= 0.6 is 0 Å².